The highest BCUT2D eigenvalue weighted by atomic mass is 16.5. The van der Waals surface area contributed by atoms with Crippen molar-refractivity contribution in [2.24, 2.45) is 11.7 Å². The number of esters is 1. The van der Waals surface area contributed by atoms with Crippen LogP contribution in [0.1, 0.15) is 61.4 Å². The van der Waals surface area contributed by atoms with E-state index >= 15 is 0 Å². The molecule has 3 N–H and O–H groups in total. The second-order valence-electron chi connectivity index (χ2n) is 6.20. The van der Waals surface area contributed by atoms with E-state index in [1.165, 1.54) is 12.3 Å². The largest absolute Gasteiger partial charge is 0.491 e. The van der Waals surface area contributed by atoms with Crippen molar-refractivity contribution < 1.29 is 23.9 Å². The van der Waals surface area contributed by atoms with Crippen LogP contribution in [0.2, 0.25) is 0 Å². The van der Waals surface area contributed by atoms with Crippen molar-refractivity contribution in [1.82, 2.24) is 10.3 Å². The molecule has 144 valence electrons. The third-order valence-corrected chi connectivity index (χ3v) is 3.50. The van der Waals surface area contributed by atoms with Crippen LogP contribution < -0.4 is 15.8 Å². The van der Waals surface area contributed by atoms with Crippen molar-refractivity contribution in [2.75, 3.05) is 13.2 Å². The number of amides is 2. The number of nitrogens with two attached hydrogens (primary N) is 1. The van der Waals surface area contributed by atoms with Crippen LogP contribution in [-0.4, -0.2) is 42.0 Å². The molecule has 26 heavy (non-hydrogen) atoms. The number of carbonyl (C=O) groups excluding carboxylic acids is 3. The lowest BCUT2D eigenvalue weighted by Gasteiger charge is -2.16. The lowest BCUT2D eigenvalue weighted by molar-refractivity contribution is -0.118. The molecule has 0 aromatic carbocycles. The number of imide groups is 1. The van der Waals surface area contributed by atoms with Crippen LogP contribution >= 0.6 is 0 Å². The predicted molar refractivity (Wildman–Crippen MR) is 95.9 cm³/mol. The van der Waals surface area contributed by atoms with E-state index in [1.807, 2.05) is 27.7 Å². The number of nitrogens with one attached hydrogen (secondary N) is 1. The van der Waals surface area contributed by atoms with E-state index in [0.717, 1.165) is 0 Å². The second kappa shape index (κ2) is 10.5. The van der Waals surface area contributed by atoms with Gasteiger partial charge in [-0.05, 0) is 24.8 Å². The van der Waals surface area contributed by atoms with Crippen LogP contribution in [0.3, 0.4) is 0 Å². The van der Waals surface area contributed by atoms with Gasteiger partial charge in [-0.25, -0.2) is 9.78 Å². The van der Waals surface area contributed by atoms with E-state index in [2.05, 4.69) is 10.3 Å². The predicted octanol–water partition coefficient (Wildman–Crippen LogP) is 1.68. The number of aromatic nitrogens is 1. The average Bonchev–Trinajstić information content (AvgIpc) is 2.63. The summed E-state index contributed by atoms with van der Waals surface area (Å²) in [5.41, 5.74) is 5.28. The number of hydrogen-bond donors (Lipinski definition) is 2. The third kappa shape index (κ3) is 6.44. The maximum absolute atomic E-state index is 12.3. The van der Waals surface area contributed by atoms with E-state index in [4.69, 9.17) is 15.2 Å². The van der Waals surface area contributed by atoms with Gasteiger partial charge in [0, 0.05) is 6.20 Å². The fourth-order valence-electron chi connectivity index (χ4n) is 2.00. The molecule has 0 bridgehead atoms. The van der Waals surface area contributed by atoms with Gasteiger partial charge in [-0.15, -0.1) is 0 Å². The fraction of sp³-hybridized carbons (Fsp3) is 0.556. The molecule has 1 rings (SSSR count). The molecule has 0 aliphatic heterocycles. The Morgan fingerprint density at radius 3 is 2.42 bits per heavy atom. The molecule has 0 aliphatic rings. The summed E-state index contributed by atoms with van der Waals surface area (Å²) in [6.07, 6.45) is 2.45. The maximum atomic E-state index is 12.3. The first kappa shape index (κ1) is 21.6. The lowest BCUT2D eigenvalue weighted by Crippen LogP contribution is -2.36. The zero-order valence-electron chi connectivity index (χ0n) is 15.7. The summed E-state index contributed by atoms with van der Waals surface area (Å²) >= 11 is 0. The van der Waals surface area contributed by atoms with Gasteiger partial charge in [0.15, 0.2) is 11.4 Å². The highest BCUT2D eigenvalue weighted by Gasteiger charge is 2.21. The summed E-state index contributed by atoms with van der Waals surface area (Å²) in [5, 5.41) is 2.11. The standard InChI is InChI=1S/C18H27N3O5/c1-5-13(6-2)26-18(24)12-7-14(25-10-11(3)4)16(20-9-12)17(23)21-15(22)8-19/h7,9,11,13H,5-6,8,10,19H2,1-4H3,(H,21,22,23). The van der Waals surface area contributed by atoms with Crippen LogP contribution in [-0.2, 0) is 9.53 Å². The summed E-state index contributed by atoms with van der Waals surface area (Å²) in [4.78, 5) is 39.8. The Bertz CT molecular complexity index is 642. The SMILES string of the molecule is CCC(CC)OC(=O)c1cnc(C(=O)NC(=O)CN)c(OCC(C)C)c1. The minimum absolute atomic E-state index is 0.0912. The molecule has 0 saturated carbocycles. The highest BCUT2D eigenvalue weighted by Crippen LogP contribution is 2.20. The quantitative estimate of drug-likeness (QED) is 0.639. The minimum Gasteiger partial charge on any atom is -0.491 e. The molecule has 0 saturated heterocycles. The van der Waals surface area contributed by atoms with Gasteiger partial charge in [-0.2, -0.15) is 0 Å². The van der Waals surface area contributed by atoms with Gasteiger partial charge in [-0.3, -0.25) is 14.9 Å². The van der Waals surface area contributed by atoms with E-state index in [1.54, 1.807) is 0 Å². The van der Waals surface area contributed by atoms with Crippen molar-refractivity contribution in [3.05, 3.63) is 23.5 Å². The Morgan fingerprint density at radius 1 is 1.23 bits per heavy atom. The minimum atomic E-state index is -0.737. The van der Waals surface area contributed by atoms with Crippen molar-refractivity contribution in [2.45, 2.75) is 46.6 Å². The number of rotatable bonds is 9. The first-order valence-electron chi connectivity index (χ1n) is 8.70. The van der Waals surface area contributed by atoms with E-state index in [-0.39, 0.29) is 35.6 Å². The molecule has 8 nitrogen and oxygen atoms in total. The summed E-state index contributed by atoms with van der Waals surface area (Å²) < 4.78 is 11.0. The maximum Gasteiger partial charge on any atom is 0.340 e. The molecular weight excluding hydrogens is 338 g/mol. The summed E-state index contributed by atoms with van der Waals surface area (Å²) in [7, 11) is 0. The van der Waals surface area contributed by atoms with Crippen LogP contribution in [0.15, 0.2) is 12.3 Å². The molecule has 1 heterocycles. The van der Waals surface area contributed by atoms with Gasteiger partial charge < -0.3 is 15.2 Å². The summed E-state index contributed by atoms with van der Waals surface area (Å²) in [6.45, 7) is 7.73. The van der Waals surface area contributed by atoms with E-state index < -0.39 is 17.8 Å². The van der Waals surface area contributed by atoms with E-state index in [9.17, 15) is 14.4 Å². The Morgan fingerprint density at radius 2 is 1.88 bits per heavy atom. The normalized spacial score (nSPS) is 10.7. The molecule has 0 spiro atoms. The van der Waals surface area contributed by atoms with Crippen molar-refractivity contribution in [3.63, 3.8) is 0 Å². The molecule has 0 fully saturated rings. The zero-order chi connectivity index (χ0) is 19.7. The zero-order valence-corrected chi connectivity index (χ0v) is 15.7. The Hall–Kier alpha value is -2.48. The lowest BCUT2D eigenvalue weighted by atomic mass is 10.2. The third-order valence-electron chi connectivity index (χ3n) is 3.50. The van der Waals surface area contributed by atoms with Gasteiger partial charge >= 0.3 is 5.97 Å². The topological polar surface area (TPSA) is 121 Å². The summed E-state index contributed by atoms with van der Waals surface area (Å²) in [5.74, 6) is -1.61. The number of carbonyl (C=O) groups is 3. The first-order chi connectivity index (χ1) is 12.3. The van der Waals surface area contributed by atoms with Crippen molar-refractivity contribution >= 4 is 17.8 Å². The summed E-state index contributed by atoms with van der Waals surface area (Å²) in [6, 6.07) is 1.40. The van der Waals surface area contributed by atoms with Gasteiger partial charge in [0.05, 0.1) is 18.7 Å². The van der Waals surface area contributed by atoms with Crippen LogP contribution in [0.5, 0.6) is 5.75 Å². The molecule has 0 atom stereocenters. The second-order valence-corrected chi connectivity index (χ2v) is 6.20. The molecule has 0 aliphatic carbocycles. The fourth-order valence-corrected chi connectivity index (χ4v) is 2.00. The van der Waals surface area contributed by atoms with Crippen LogP contribution in [0.4, 0.5) is 0 Å². The Balaban J connectivity index is 3.09. The van der Waals surface area contributed by atoms with Gasteiger partial charge in [0.1, 0.15) is 6.10 Å². The Kier molecular flexibility index (Phi) is 8.71. The number of hydrogen-bond acceptors (Lipinski definition) is 7. The number of ether oxygens (including phenoxy) is 2. The van der Waals surface area contributed by atoms with E-state index in [0.29, 0.717) is 19.4 Å². The molecule has 2 amide bonds. The first-order valence-corrected chi connectivity index (χ1v) is 8.70. The monoisotopic (exact) mass is 365 g/mol. The molecule has 8 heteroatoms. The smallest absolute Gasteiger partial charge is 0.340 e. The van der Waals surface area contributed by atoms with Gasteiger partial charge in [-0.1, -0.05) is 27.7 Å². The van der Waals surface area contributed by atoms with Gasteiger partial charge in [0.25, 0.3) is 5.91 Å². The van der Waals surface area contributed by atoms with Crippen LogP contribution in [0.25, 0.3) is 0 Å². The van der Waals surface area contributed by atoms with Gasteiger partial charge in [0.2, 0.25) is 5.91 Å². The van der Waals surface area contributed by atoms with Crippen molar-refractivity contribution in [3.8, 4) is 5.75 Å². The Labute approximate surface area is 153 Å². The number of pyridine rings is 1. The highest BCUT2D eigenvalue weighted by molar-refractivity contribution is 6.06. The molecule has 0 radical (unpaired) electrons. The van der Waals surface area contributed by atoms with Crippen molar-refractivity contribution in [1.29, 1.82) is 0 Å². The number of nitrogens with zero attached hydrogens (tertiary/aromatic N) is 1. The molecular formula is C18H27N3O5. The molecule has 1 aromatic heterocycles. The molecule has 0 unspecified atom stereocenters. The molecule has 1 aromatic rings. The average molecular weight is 365 g/mol. The van der Waals surface area contributed by atoms with Crippen LogP contribution in [0, 0.1) is 5.92 Å².